The molecule has 0 saturated heterocycles. The maximum atomic E-state index is 5.14. The summed E-state index contributed by atoms with van der Waals surface area (Å²) >= 11 is 0. The number of benzene rings is 1. The van der Waals surface area contributed by atoms with Crippen molar-refractivity contribution in [3.8, 4) is 11.5 Å². The van der Waals surface area contributed by atoms with Crippen LogP contribution in [0.2, 0.25) is 0 Å². The monoisotopic (exact) mass is 245 g/mol. The molecule has 1 N–H and O–H groups in total. The van der Waals surface area contributed by atoms with Gasteiger partial charge in [-0.3, -0.25) is 0 Å². The molecule has 1 aromatic carbocycles. The van der Waals surface area contributed by atoms with Gasteiger partial charge >= 0.3 is 0 Å². The minimum Gasteiger partial charge on any atom is -0.423 e. The van der Waals surface area contributed by atoms with E-state index in [4.69, 9.17) is 4.42 Å². The Hall–Kier alpha value is -1.84. The Morgan fingerprint density at radius 2 is 1.89 bits per heavy atom. The average Bonchev–Trinajstić information content (AvgIpc) is 2.82. The lowest BCUT2D eigenvalue weighted by Gasteiger charge is -2.18. The molecule has 0 atom stereocenters. The maximum Gasteiger partial charge on any atom is 0.247 e. The summed E-state index contributed by atoms with van der Waals surface area (Å²) in [6.45, 7) is 7.71. The molecule has 4 heteroatoms. The first-order valence-electron chi connectivity index (χ1n) is 6.15. The summed E-state index contributed by atoms with van der Waals surface area (Å²) in [5, 5.41) is 10.9. The van der Waals surface area contributed by atoms with Crippen LogP contribution >= 0.6 is 0 Å². The van der Waals surface area contributed by atoms with Crippen LogP contribution in [0.5, 0.6) is 0 Å². The van der Waals surface area contributed by atoms with Gasteiger partial charge in [0.25, 0.3) is 0 Å². The molecule has 0 saturated carbocycles. The topological polar surface area (TPSA) is 51.0 Å². The number of nitrogens with one attached hydrogen (secondary N) is 1. The summed E-state index contributed by atoms with van der Waals surface area (Å²) in [4.78, 5) is 0. The van der Waals surface area contributed by atoms with Crippen molar-refractivity contribution in [3.63, 3.8) is 0 Å². The maximum absolute atomic E-state index is 5.14. The highest BCUT2D eigenvalue weighted by Gasteiger charge is 2.09. The van der Waals surface area contributed by atoms with Crippen molar-refractivity contribution >= 4 is 5.69 Å². The second-order valence-corrected chi connectivity index (χ2v) is 5.56. The first-order valence-corrected chi connectivity index (χ1v) is 6.15. The van der Waals surface area contributed by atoms with Crippen LogP contribution in [0.15, 0.2) is 35.1 Å². The second kappa shape index (κ2) is 5.21. The molecule has 0 aliphatic rings. The molecule has 0 spiro atoms. The zero-order valence-electron chi connectivity index (χ0n) is 11.1. The van der Waals surface area contributed by atoms with Gasteiger partial charge in [0.2, 0.25) is 12.3 Å². The molecule has 2 rings (SSSR count). The largest absolute Gasteiger partial charge is 0.423 e. The van der Waals surface area contributed by atoms with Gasteiger partial charge in [0.15, 0.2) is 0 Å². The van der Waals surface area contributed by atoms with Crippen molar-refractivity contribution in [2.24, 2.45) is 5.41 Å². The van der Waals surface area contributed by atoms with E-state index in [0.29, 0.717) is 11.3 Å². The van der Waals surface area contributed by atoms with E-state index >= 15 is 0 Å². The molecular formula is C14H19N3O. The van der Waals surface area contributed by atoms with Gasteiger partial charge < -0.3 is 9.73 Å². The van der Waals surface area contributed by atoms with E-state index in [1.807, 2.05) is 24.3 Å². The zero-order chi connectivity index (χ0) is 13.0. The van der Waals surface area contributed by atoms with Gasteiger partial charge in [0.05, 0.1) is 0 Å². The minimum absolute atomic E-state index is 0.358. The van der Waals surface area contributed by atoms with Gasteiger partial charge in [0, 0.05) is 17.8 Å². The molecule has 96 valence electrons. The van der Waals surface area contributed by atoms with Crippen molar-refractivity contribution in [2.45, 2.75) is 27.2 Å². The fraction of sp³-hybridized carbons (Fsp3) is 0.429. The van der Waals surface area contributed by atoms with Crippen LogP contribution in [-0.4, -0.2) is 16.7 Å². The summed E-state index contributed by atoms with van der Waals surface area (Å²) in [7, 11) is 0. The van der Waals surface area contributed by atoms with Crippen LogP contribution in [0.25, 0.3) is 11.5 Å². The van der Waals surface area contributed by atoms with Crippen molar-refractivity contribution in [3.05, 3.63) is 30.7 Å². The van der Waals surface area contributed by atoms with E-state index in [-0.39, 0.29) is 0 Å². The van der Waals surface area contributed by atoms with Crippen molar-refractivity contribution in [1.29, 1.82) is 0 Å². The molecule has 0 amide bonds. The van der Waals surface area contributed by atoms with Gasteiger partial charge in [-0.25, -0.2) is 0 Å². The summed E-state index contributed by atoms with van der Waals surface area (Å²) in [5.74, 6) is 0.552. The molecular weight excluding hydrogens is 226 g/mol. The third kappa shape index (κ3) is 3.58. The van der Waals surface area contributed by atoms with E-state index in [1.54, 1.807) is 0 Å². The summed E-state index contributed by atoms with van der Waals surface area (Å²) in [5.41, 5.74) is 2.41. The standard InChI is InChI=1S/C14H19N3O/c1-14(2,3)8-9-15-12-6-4-11(5-7-12)13-17-16-10-18-13/h4-7,10,15H,8-9H2,1-3H3. The number of aromatic nitrogens is 2. The van der Waals surface area contributed by atoms with Crippen LogP contribution in [0.1, 0.15) is 27.2 Å². The van der Waals surface area contributed by atoms with Crippen molar-refractivity contribution < 1.29 is 4.42 Å². The molecule has 18 heavy (non-hydrogen) atoms. The molecule has 1 aromatic heterocycles. The highest BCUT2D eigenvalue weighted by molar-refractivity contribution is 5.57. The van der Waals surface area contributed by atoms with Crippen LogP contribution < -0.4 is 5.32 Å². The molecule has 2 aromatic rings. The SMILES string of the molecule is CC(C)(C)CCNc1ccc(-c2nnco2)cc1. The molecule has 0 aliphatic carbocycles. The van der Waals surface area contributed by atoms with E-state index in [2.05, 4.69) is 36.3 Å². The lowest BCUT2D eigenvalue weighted by molar-refractivity contribution is 0.390. The number of anilines is 1. The van der Waals surface area contributed by atoms with Crippen LogP contribution in [-0.2, 0) is 0 Å². The van der Waals surface area contributed by atoms with E-state index < -0.39 is 0 Å². The Bertz CT molecular complexity index is 469. The normalized spacial score (nSPS) is 11.5. The quantitative estimate of drug-likeness (QED) is 0.894. The van der Waals surface area contributed by atoms with Gasteiger partial charge in [-0.1, -0.05) is 20.8 Å². The van der Waals surface area contributed by atoms with E-state index in [9.17, 15) is 0 Å². The predicted molar refractivity (Wildman–Crippen MR) is 72.3 cm³/mol. The van der Waals surface area contributed by atoms with Crippen LogP contribution in [0.4, 0.5) is 5.69 Å². The molecule has 0 unspecified atom stereocenters. The smallest absolute Gasteiger partial charge is 0.247 e. The molecule has 4 nitrogen and oxygen atoms in total. The molecule has 0 radical (unpaired) electrons. The summed E-state index contributed by atoms with van der Waals surface area (Å²) in [6.07, 6.45) is 2.48. The zero-order valence-corrected chi connectivity index (χ0v) is 11.1. The Kier molecular flexibility index (Phi) is 3.65. The number of hydrogen-bond donors (Lipinski definition) is 1. The fourth-order valence-electron chi connectivity index (χ4n) is 1.61. The van der Waals surface area contributed by atoms with Gasteiger partial charge in [0.1, 0.15) is 0 Å². The highest BCUT2D eigenvalue weighted by atomic mass is 16.4. The number of rotatable bonds is 4. The first-order chi connectivity index (χ1) is 8.54. The van der Waals surface area contributed by atoms with Gasteiger partial charge in [-0.15, -0.1) is 10.2 Å². The lowest BCUT2D eigenvalue weighted by atomic mass is 9.92. The van der Waals surface area contributed by atoms with Gasteiger partial charge in [-0.05, 0) is 36.1 Å². The molecule has 0 aliphatic heterocycles. The molecule has 1 heterocycles. The Balaban J connectivity index is 1.92. The summed E-state index contributed by atoms with van der Waals surface area (Å²) in [6, 6.07) is 8.02. The van der Waals surface area contributed by atoms with Crippen LogP contribution in [0.3, 0.4) is 0 Å². The Morgan fingerprint density at radius 1 is 1.17 bits per heavy atom. The van der Waals surface area contributed by atoms with E-state index in [1.165, 1.54) is 6.39 Å². The third-order valence-corrected chi connectivity index (χ3v) is 2.70. The second-order valence-electron chi connectivity index (χ2n) is 5.56. The molecule has 0 fully saturated rings. The Labute approximate surface area is 107 Å². The van der Waals surface area contributed by atoms with Crippen molar-refractivity contribution in [2.75, 3.05) is 11.9 Å². The predicted octanol–water partition coefficient (Wildman–Crippen LogP) is 3.58. The first kappa shape index (κ1) is 12.6. The van der Waals surface area contributed by atoms with E-state index in [0.717, 1.165) is 24.2 Å². The third-order valence-electron chi connectivity index (χ3n) is 2.70. The number of hydrogen-bond acceptors (Lipinski definition) is 4. The molecule has 0 bridgehead atoms. The Morgan fingerprint density at radius 3 is 2.44 bits per heavy atom. The average molecular weight is 245 g/mol. The number of nitrogens with zero attached hydrogens (tertiary/aromatic N) is 2. The highest BCUT2D eigenvalue weighted by Crippen LogP contribution is 2.21. The fourth-order valence-corrected chi connectivity index (χ4v) is 1.61. The minimum atomic E-state index is 0.358. The van der Waals surface area contributed by atoms with Crippen LogP contribution in [0, 0.1) is 5.41 Å². The lowest BCUT2D eigenvalue weighted by Crippen LogP contribution is -2.12. The summed E-state index contributed by atoms with van der Waals surface area (Å²) < 4.78 is 5.14. The van der Waals surface area contributed by atoms with Gasteiger partial charge in [-0.2, -0.15) is 0 Å². The van der Waals surface area contributed by atoms with Crippen molar-refractivity contribution in [1.82, 2.24) is 10.2 Å².